The van der Waals surface area contributed by atoms with Crippen molar-refractivity contribution >= 4 is 18.0 Å². The van der Waals surface area contributed by atoms with Gasteiger partial charge in [0.2, 0.25) is 0 Å². The van der Waals surface area contributed by atoms with Crippen LogP contribution in [0.25, 0.3) is 6.08 Å². The summed E-state index contributed by atoms with van der Waals surface area (Å²) in [6.07, 6.45) is 2.61. The van der Waals surface area contributed by atoms with E-state index in [4.69, 9.17) is 5.11 Å². The molecular formula is C17H23NO3. The fourth-order valence-electron chi connectivity index (χ4n) is 2.09. The van der Waals surface area contributed by atoms with E-state index in [1.807, 2.05) is 19.9 Å². The molecule has 0 fully saturated rings. The summed E-state index contributed by atoms with van der Waals surface area (Å²) in [5.41, 5.74) is 2.29. The van der Waals surface area contributed by atoms with E-state index in [0.29, 0.717) is 24.6 Å². The average molecular weight is 289 g/mol. The van der Waals surface area contributed by atoms with Crippen LogP contribution in [0.2, 0.25) is 0 Å². The number of nitrogens with zero attached hydrogens (tertiary/aromatic N) is 1. The van der Waals surface area contributed by atoms with E-state index < -0.39 is 5.97 Å². The normalized spacial score (nSPS) is 11.1. The Hall–Kier alpha value is -2.10. The highest BCUT2D eigenvalue weighted by atomic mass is 16.4. The van der Waals surface area contributed by atoms with Gasteiger partial charge in [0.05, 0.1) is 0 Å². The van der Waals surface area contributed by atoms with Gasteiger partial charge in [0.15, 0.2) is 0 Å². The predicted molar refractivity (Wildman–Crippen MR) is 84.3 cm³/mol. The van der Waals surface area contributed by atoms with Gasteiger partial charge in [-0.3, -0.25) is 4.79 Å². The lowest BCUT2D eigenvalue weighted by atomic mass is 10.0. The van der Waals surface area contributed by atoms with E-state index >= 15 is 0 Å². The van der Waals surface area contributed by atoms with Crippen molar-refractivity contribution in [2.45, 2.75) is 27.7 Å². The van der Waals surface area contributed by atoms with Gasteiger partial charge in [-0.1, -0.05) is 19.9 Å². The molecule has 1 amide bonds. The second-order valence-electron chi connectivity index (χ2n) is 5.48. The summed E-state index contributed by atoms with van der Waals surface area (Å²) in [7, 11) is 0. The molecule has 0 spiro atoms. The Bertz CT molecular complexity index is 547. The third-order valence-electron chi connectivity index (χ3n) is 3.19. The second-order valence-corrected chi connectivity index (χ2v) is 5.48. The minimum atomic E-state index is -0.999. The van der Waals surface area contributed by atoms with Crippen molar-refractivity contribution in [3.8, 4) is 0 Å². The summed E-state index contributed by atoms with van der Waals surface area (Å²) in [6, 6.07) is 5.39. The number of benzene rings is 1. The molecule has 21 heavy (non-hydrogen) atoms. The maximum absolute atomic E-state index is 12.5. The van der Waals surface area contributed by atoms with Crippen molar-refractivity contribution in [2.75, 3.05) is 13.1 Å². The molecule has 0 aromatic heterocycles. The van der Waals surface area contributed by atoms with Crippen LogP contribution in [0.3, 0.4) is 0 Å². The molecule has 1 aromatic carbocycles. The number of aliphatic carboxylic acids is 1. The standard InChI is InChI=1S/C17H23NO3/c1-5-18(11-12(2)3)17(21)15-7-6-13(4)14(10-15)8-9-16(19)20/h6-10,12H,5,11H2,1-4H3,(H,19,20)/b9-8+. The molecule has 1 N–H and O–H groups in total. The maximum Gasteiger partial charge on any atom is 0.328 e. The molecule has 0 unspecified atom stereocenters. The molecular weight excluding hydrogens is 266 g/mol. The number of aryl methyl sites for hydroxylation is 1. The summed E-state index contributed by atoms with van der Waals surface area (Å²) in [5.74, 6) is -0.608. The maximum atomic E-state index is 12.5. The Morgan fingerprint density at radius 2 is 2.00 bits per heavy atom. The molecule has 114 valence electrons. The first-order valence-electron chi connectivity index (χ1n) is 7.16. The van der Waals surface area contributed by atoms with Crippen molar-refractivity contribution < 1.29 is 14.7 Å². The van der Waals surface area contributed by atoms with Gasteiger partial charge in [-0.25, -0.2) is 4.79 Å². The van der Waals surface area contributed by atoms with Crippen molar-refractivity contribution in [3.63, 3.8) is 0 Å². The van der Waals surface area contributed by atoms with Crippen molar-refractivity contribution in [1.82, 2.24) is 4.90 Å². The zero-order chi connectivity index (χ0) is 16.0. The second kappa shape index (κ2) is 7.62. The third-order valence-corrected chi connectivity index (χ3v) is 3.19. The Balaban J connectivity index is 3.05. The summed E-state index contributed by atoms with van der Waals surface area (Å²) < 4.78 is 0. The lowest BCUT2D eigenvalue weighted by Crippen LogP contribution is -2.34. The molecule has 1 rings (SSSR count). The van der Waals surface area contributed by atoms with E-state index in [0.717, 1.165) is 17.2 Å². The van der Waals surface area contributed by atoms with Gasteiger partial charge in [0, 0.05) is 24.7 Å². The highest BCUT2D eigenvalue weighted by Gasteiger charge is 2.15. The number of carboxylic acid groups (broad SMARTS) is 1. The quantitative estimate of drug-likeness (QED) is 0.818. The molecule has 0 aliphatic rings. The number of carboxylic acids is 1. The highest BCUT2D eigenvalue weighted by molar-refractivity contribution is 5.95. The minimum Gasteiger partial charge on any atom is -0.478 e. The number of carbonyl (C=O) groups is 2. The van der Waals surface area contributed by atoms with Crippen LogP contribution in [0.5, 0.6) is 0 Å². The highest BCUT2D eigenvalue weighted by Crippen LogP contribution is 2.15. The molecule has 0 aliphatic heterocycles. The van der Waals surface area contributed by atoms with Crippen LogP contribution in [0.1, 0.15) is 42.3 Å². The Morgan fingerprint density at radius 3 is 2.52 bits per heavy atom. The lowest BCUT2D eigenvalue weighted by Gasteiger charge is -2.23. The van der Waals surface area contributed by atoms with E-state index in [-0.39, 0.29) is 5.91 Å². The number of hydrogen-bond acceptors (Lipinski definition) is 2. The molecule has 4 nitrogen and oxygen atoms in total. The SMILES string of the molecule is CCN(CC(C)C)C(=O)c1ccc(C)c(/C=C/C(=O)O)c1. The van der Waals surface area contributed by atoms with Gasteiger partial charge in [-0.15, -0.1) is 0 Å². The Morgan fingerprint density at radius 1 is 1.33 bits per heavy atom. The number of hydrogen-bond donors (Lipinski definition) is 1. The number of rotatable bonds is 6. The van der Waals surface area contributed by atoms with Crippen LogP contribution < -0.4 is 0 Å². The summed E-state index contributed by atoms with van der Waals surface area (Å²) >= 11 is 0. The van der Waals surface area contributed by atoms with Crippen molar-refractivity contribution in [1.29, 1.82) is 0 Å². The van der Waals surface area contributed by atoms with Crippen LogP contribution in [0.15, 0.2) is 24.3 Å². The van der Waals surface area contributed by atoms with Gasteiger partial charge in [-0.05, 0) is 49.1 Å². The van der Waals surface area contributed by atoms with Crippen LogP contribution in [0, 0.1) is 12.8 Å². The molecule has 0 heterocycles. The summed E-state index contributed by atoms with van der Waals surface area (Å²) in [4.78, 5) is 24.9. The molecule has 0 bridgehead atoms. The predicted octanol–water partition coefficient (Wildman–Crippen LogP) is 3.21. The summed E-state index contributed by atoms with van der Waals surface area (Å²) in [5, 5.41) is 8.71. The summed E-state index contributed by atoms with van der Waals surface area (Å²) in [6.45, 7) is 9.37. The lowest BCUT2D eigenvalue weighted by molar-refractivity contribution is -0.131. The average Bonchev–Trinajstić information content (AvgIpc) is 2.42. The topological polar surface area (TPSA) is 57.6 Å². The van der Waals surface area contributed by atoms with Gasteiger partial charge < -0.3 is 10.0 Å². The van der Waals surface area contributed by atoms with E-state index in [2.05, 4.69) is 13.8 Å². The van der Waals surface area contributed by atoms with Gasteiger partial charge in [-0.2, -0.15) is 0 Å². The zero-order valence-corrected chi connectivity index (χ0v) is 13.1. The third kappa shape index (κ3) is 5.06. The van der Waals surface area contributed by atoms with Crippen LogP contribution in [-0.2, 0) is 4.79 Å². The molecule has 0 saturated heterocycles. The molecule has 4 heteroatoms. The van der Waals surface area contributed by atoms with Gasteiger partial charge >= 0.3 is 5.97 Å². The van der Waals surface area contributed by atoms with Crippen molar-refractivity contribution in [2.24, 2.45) is 5.92 Å². The van der Waals surface area contributed by atoms with Crippen LogP contribution in [-0.4, -0.2) is 35.0 Å². The monoisotopic (exact) mass is 289 g/mol. The molecule has 0 saturated carbocycles. The molecule has 1 aromatic rings. The molecule has 0 atom stereocenters. The first-order chi connectivity index (χ1) is 9.85. The molecule has 0 aliphatic carbocycles. The van der Waals surface area contributed by atoms with E-state index in [9.17, 15) is 9.59 Å². The van der Waals surface area contributed by atoms with Crippen molar-refractivity contribution in [3.05, 3.63) is 41.0 Å². The fraction of sp³-hybridized carbons (Fsp3) is 0.412. The number of carbonyl (C=O) groups excluding carboxylic acids is 1. The van der Waals surface area contributed by atoms with Gasteiger partial charge in [0.1, 0.15) is 0 Å². The zero-order valence-electron chi connectivity index (χ0n) is 13.1. The van der Waals surface area contributed by atoms with Crippen LogP contribution in [0.4, 0.5) is 0 Å². The Kier molecular flexibility index (Phi) is 6.15. The van der Waals surface area contributed by atoms with E-state index in [1.165, 1.54) is 6.08 Å². The van der Waals surface area contributed by atoms with Crippen LogP contribution >= 0.6 is 0 Å². The van der Waals surface area contributed by atoms with E-state index in [1.54, 1.807) is 17.0 Å². The fourth-order valence-corrected chi connectivity index (χ4v) is 2.09. The first-order valence-corrected chi connectivity index (χ1v) is 7.16. The van der Waals surface area contributed by atoms with Gasteiger partial charge in [0.25, 0.3) is 5.91 Å². The largest absolute Gasteiger partial charge is 0.478 e. The number of amides is 1. The molecule has 0 radical (unpaired) electrons. The Labute approximate surface area is 126 Å². The minimum absolute atomic E-state index is 0.0174. The first kappa shape index (κ1) is 17.0. The smallest absolute Gasteiger partial charge is 0.328 e.